The van der Waals surface area contributed by atoms with Gasteiger partial charge >= 0.3 is 5.97 Å². The average Bonchev–Trinajstić information content (AvgIpc) is 2.78. The molecule has 1 aliphatic carbocycles. The molecule has 0 aromatic heterocycles. The fraction of sp³-hybridized carbons (Fsp3) is 0.571. The Kier molecular flexibility index (Phi) is 1.54. The fourth-order valence-corrected chi connectivity index (χ4v) is 0.962. The van der Waals surface area contributed by atoms with Crippen molar-refractivity contribution in [1.82, 2.24) is 0 Å². The number of carbonyl (C=O) groups excluding carboxylic acids is 1. The minimum atomic E-state index is -1.09. The minimum absolute atomic E-state index is 0.312. The molecule has 4 heteroatoms. The van der Waals surface area contributed by atoms with Crippen molar-refractivity contribution in [1.29, 1.82) is 10.5 Å². The summed E-state index contributed by atoms with van der Waals surface area (Å²) < 4.78 is 4.39. The molecule has 0 unspecified atom stereocenters. The normalized spacial score (nSPS) is 24.5. The van der Waals surface area contributed by atoms with Crippen LogP contribution in [0, 0.1) is 34.0 Å². The molecule has 0 bridgehead atoms. The number of nitriles is 2. The van der Waals surface area contributed by atoms with Crippen LogP contribution in [-0.4, -0.2) is 13.1 Å². The highest BCUT2D eigenvalue weighted by atomic mass is 16.5. The van der Waals surface area contributed by atoms with Crippen molar-refractivity contribution in [3.05, 3.63) is 0 Å². The van der Waals surface area contributed by atoms with Crippen molar-refractivity contribution in [3.8, 4) is 12.1 Å². The van der Waals surface area contributed by atoms with Crippen molar-refractivity contribution >= 4 is 5.97 Å². The van der Waals surface area contributed by atoms with Crippen LogP contribution in [0.4, 0.5) is 0 Å². The zero-order valence-electron chi connectivity index (χ0n) is 6.00. The molecule has 1 atom stereocenters. The van der Waals surface area contributed by atoms with Crippen molar-refractivity contribution < 1.29 is 9.53 Å². The van der Waals surface area contributed by atoms with E-state index in [0.29, 0.717) is 6.42 Å². The summed E-state index contributed by atoms with van der Waals surface area (Å²) >= 11 is 0. The molecule has 56 valence electrons. The van der Waals surface area contributed by atoms with Crippen molar-refractivity contribution in [2.45, 2.75) is 6.42 Å². The van der Waals surface area contributed by atoms with Gasteiger partial charge in [-0.1, -0.05) is 0 Å². The van der Waals surface area contributed by atoms with Gasteiger partial charge in [-0.2, -0.15) is 10.5 Å². The summed E-state index contributed by atoms with van der Waals surface area (Å²) in [5.74, 6) is -0.990. The molecular weight excluding hydrogens is 144 g/mol. The van der Waals surface area contributed by atoms with E-state index in [1.807, 2.05) is 0 Å². The lowest BCUT2D eigenvalue weighted by atomic mass is 10.1. The van der Waals surface area contributed by atoms with E-state index in [-0.39, 0.29) is 0 Å². The van der Waals surface area contributed by atoms with Gasteiger partial charge in [0.25, 0.3) is 0 Å². The van der Waals surface area contributed by atoms with Crippen LogP contribution in [0.5, 0.6) is 0 Å². The van der Waals surface area contributed by atoms with Crippen LogP contribution in [0.3, 0.4) is 0 Å². The number of methoxy groups -OCH3 is 1. The van der Waals surface area contributed by atoms with Crippen LogP contribution < -0.4 is 0 Å². The van der Waals surface area contributed by atoms with Gasteiger partial charge in [0.1, 0.15) is 0 Å². The van der Waals surface area contributed by atoms with Gasteiger partial charge in [-0.3, -0.25) is 4.79 Å². The average molecular weight is 150 g/mol. The van der Waals surface area contributed by atoms with Crippen LogP contribution in [0.2, 0.25) is 0 Å². The Hall–Kier alpha value is -1.55. The predicted molar refractivity (Wildman–Crippen MR) is 33.8 cm³/mol. The Balaban J connectivity index is 2.69. The summed E-state index contributed by atoms with van der Waals surface area (Å²) in [6.07, 6.45) is 0.312. The molecule has 4 nitrogen and oxygen atoms in total. The second-order valence-corrected chi connectivity index (χ2v) is 2.47. The number of carbonyl (C=O) groups is 1. The van der Waals surface area contributed by atoms with E-state index in [9.17, 15) is 4.79 Å². The maximum absolute atomic E-state index is 10.8. The van der Waals surface area contributed by atoms with Crippen LogP contribution >= 0.6 is 0 Å². The van der Waals surface area contributed by atoms with E-state index in [1.165, 1.54) is 7.11 Å². The van der Waals surface area contributed by atoms with Gasteiger partial charge < -0.3 is 4.74 Å². The third-order valence-electron chi connectivity index (χ3n) is 1.85. The number of hydrogen-bond acceptors (Lipinski definition) is 4. The van der Waals surface area contributed by atoms with Crippen LogP contribution in [-0.2, 0) is 9.53 Å². The fourth-order valence-electron chi connectivity index (χ4n) is 0.962. The van der Waals surface area contributed by atoms with Crippen LogP contribution in [0.15, 0.2) is 0 Å². The van der Waals surface area contributed by atoms with E-state index in [4.69, 9.17) is 10.5 Å². The van der Waals surface area contributed by atoms with Crippen LogP contribution in [0.1, 0.15) is 6.42 Å². The molecule has 0 heterocycles. The van der Waals surface area contributed by atoms with Gasteiger partial charge in [-0.15, -0.1) is 0 Å². The first-order valence-corrected chi connectivity index (χ1v) is 3.10. The minimum Gasteiger partial charge on any atom is -0.469 e. The third-order valence-corrected chi connectivity index (χ3v) is 1.85. The summed E-state index contributed by atoms with van der Waals surface area (Å²) in [6.45, 7) is 0. The van der Waals surface area contributed by atoms with Crippen molar-refractivity contribution in [2.24, 2.45) is 11.3 Å². The smallest absolute Gasteiger partial charge is 0.311 e. The Morgan fingerprint density at radius 2 is 2.18 bits per heavy atom. The van der Waals surface area contributed by atoms with Crippen LogP contribution in [0.25, 0.3) is 0 Å². The molecular formula is C7H6N2O2. The standard InChI is InChI=1S/C7H6N2O2/c1-11-6(10)5-2-7(5,3-8)4-9/h5H,2H2,1H3/t5-/m1/s1. The molecule has 0 N–H and O–H groups in total. The summed E-state index contributed by atoms with van der Waals surface area (Å²) in [6, 6.07) is 3.61. The largest absolute Gasteiger partial charge is 0.469 e. The topological polar surface area (TPSA) is 73.9 Å². The number of rotatable bonds is 1. The van der Waals surface area contributed by atoms with Gasteiger partial charge in [0, 0.05) is 0 Å². The van der Waals surface area contributed by atoms with Gasteiger partial charge in [0.2, 0.25) is 0 Å². The molecule has 1 aliphatic rings. The highest BCUT2D eigenvalue weighted by Crippen LogP contribution is 2.51. The first kappa shape index (κ1) is 7.56. The number of esters is 1. The Bertz CT molecular complexity index is 257. The summed E-state index contributed by atoms with van der Waals surface area (Å²) in [5, 5.41) is 17.0. The molecule has 0 spiro atoms. The molecule has 1 rings (SSSR count). The highest BCUT2D eigenvalue weighted by molar-refractivity contribution is 5.79. The molecule has 1 fully saturated rings. The number of nitrogens with zero attached hydrogens (tertiary/aromatic N) is 2. The molecule has 0 radical (unpaired) electrons. The summed E-state index contributed by atoms with van der Waals surface area (Å²) in [4.78, 5) is 10.8. The zero-order valence-corrected chi connectivity index (χ0v) is 6.00. The molecule has 0 aliphatic heterocycles. The number of hydrogen-bond donors (Lipinski definition) is 0. The molecule has 0 amide bonds. The summed E-state index contributed by atoms with van der Waals surface area (Å²) in [7, 11) is 1.25. The Labute approximate surface area is 64.0 Å². The lowest BCUT2D eigenvalue weighted by Crippen LogP contribution is -2.09. The number of ether oxygens (including phenoxy) is 1. The van der Waals surface area contributed by atoms with Gasteiger partial charge in [-0.05, 0) is 6.42 Å². The molecule has 0 aromatic rings. The third kappa shape index (κ3) is 0.929. The zero-order chi connectivity index (χ0) is 8.48. The molecule has 0 saturated heterocycles. The lowest BCUT2D eigenvalue weighted by molar-refractivity contribution is -0.142. The monoisotopic (exact) mass is 150 g/mol. The van der Waals surface area contributed by atoms with Crippen molar-refractivity contribution in [2.75, 3.05) is 7.11 Å². The highest BCUT2D eigenvalue weighted by Gasteiger charge is 2.61. The molecule has 11 heavy (non-hydrogen) atoms. The second kappa shape index (κ2) is 2.25. The van der Waals surface area contributed by atoms with Gasteiger partial charge in [0.15, 0.2) is 5.41 Å². The second-order valence-electron chi connectivity index (χ2n) is 2.47. The van der Waals surface area contributed by atoms with Gasteiger partial charge in [-0.25, -0.2) is 0 Å². The quantitative estimate of drug-likeness (QED) is 0.501. The molecule has 0 aromatic carbocycles. The lowest BCUT2D eigenvalue weighted by Gasteiger charge is -1.95. The van der Waals surface area contributed by atoms with E-state index in [1.54, 1.807) is 12.1 Å². The maximum atomic E-state index is 10.8. The van der Waals surface area contributed by atoms with Gasteiger partial charge in [0.05, 0.1) is 25.2 Å². The van der Waals surface area contributed by atoms with E-state index >= 15 is 0 Å². The van der Waals surface area contributed by atoms with E-state index < -0.39 is 17.3 Å². The van der Waals surface area contributed by atoms with E-state index in [0.717, 1.165) is 0 Å². The van der Waals surface area contributed by atoms with E-state index in [2.05, 4.69) is 4.74 Å². The SMILES string of the molecule is COC(=O)[C@H]1CC1(C#N)C#N. The first-order chi connectivity index (χ1) is 5.20. The summed E-state index contributed by atoms with van der Waals surface area (Å²) in [5.41, 5.74) is -1.09. The molecule has 1 saturated carbocycles. The predicted octanol–water partition coefficient (Wildman–Crippen LogP) is 0.213. The maximum Gasteiger partial charge on any atom is 0.311 e. The Morgan fingerprint density at radius 1 is 1.64 bits per heavy atom. The van der Waals surface area contributed by atoms with Crippen molar-refractivity contribution in [3.63, 3.8) is 0 Å². The Morgan fingerprint density at radius 3 is 2.45 bits per heavy atom. The first-order valence-electron chi connectivity index (χ1n) is 3.10.